The molecule has 0 aliphatic carbocycles. The second-order valence-electron chi connectivity index (χ2n) is 4.57. The zero-order chi connectivity index (χ0) is 12.3. The minimum Gasteiger partial charge on any atom is -0.392 e. The lowest BCUT2D eigenvalue weighted by atomic mass is 10.1. The first kappa shape index (κ1) is 13.0. The molecule has 0 spiro atoms. The zero-order valence-electron chi connectivity index (χ0n) is 9.72. The standard InChI is InChI=1S/C13H18BrNO2/c14-12-4-2-1-3-11(12)13(17)6-8-15-7-5-10(16)9-15/h1-4,10,13,16-17H,5-9H2. The Balaban J connectivity index is 1.85. The summed E-state index contributed by atoms with van der Waals surface area (Å²) in [5, 5.41) is 19.5. The summed E-state index contributed by atoms with van der Waals surface area (Å²) in [6, 6.07) is 7.76. The molecule has 1 aliphatic rings. The van der Waals surface area contributed by atoms with Crippen LogP contribution in [0.4, 0.5) is 0 Å². The maximum absolute atomic E-state index is 10.1. The van der Waals surface area contributed by atoms with E-state index in [1.165, 1.54) is 0 Å². The van der Waals surface area contributed by atoms with E-state index in [0.717, 1.165) is 36.1 Å². The first-order valence-electron chi connectivity index (χ1n) is 5.99. The van der Waals surface area contributed by atoms with E-state index in [-0.39, 0.29) is 6.10 Å². The number of rotatable bonds is 4. The summed E-state index contributed by atoms with van der Waals surface area (Å²) >= 11 is 3.45. The van der Waals surface area contributed by atoms with Crippen molar-refractivity contribution in [1.29, 1.82) is 0 Å². The summed E-state index contributed by atoms with van der Waals surface area (Å²) in [6.45, 7) is 2.51. The molecule has 2 N–H and O–H groups in total. The molecule has 2 rings (SSSR count). The second kappa shape index (κ2) is 5.96. The van der Waals surface area contributed by atoms with Crippen molar-refractivity contribution < 1.29 is 10.2 Å². The Hall–Kier alpha value is -0.420. The Morgan fingerprint density at radius 2 is 2.18 bits per heavy atom. The second-order valence-corrected chi connectivity index (χ2v) is 5.42. The topological polar surface area (TPSA) is 43.7 Å². The van der Waals surface area contributed by atoms with Crippen molar-refractivity contribution in [2.45, 2.75) is 25.0 Å². The monoisotopic (exact) mass is 299 g/mol. The molecule has 94 valence electrons. The van der Waals surface area contributed by atoms with E-state index in [1.54, 1.807) is 0 Å². The molecule has 1 aliphatic heterocycles. The van der Waals surface area contributed by atoms with E-state index in [4.69, 9.17) is 0 Å². The van der Waals surface area contributed by atoms with Crippen molar-refractivity contribution in [3.8, 4) is 0 Å². The molecule has 2 unspecified atom stereocenters. The molecule has 0 saturated carbocycles. The van der Waals surface area contributed by atoms with Gasteiger partial charge in [0.2, 0.25) is 0 Å². The van der Waals surface area contributed by atoms with Crippen molar-refractivity contribution in [1.82, 2.24) is 4.90 Å². The van der Waals surface area contributed by atoms with Gasteiger partial charge in [0.1, 0.15) is 0 Å². The molecule has 0 bridgehead atoms. The average Bonchev–Trinajstić information content (AvgIpc) is 2.73. The summed E-state index contributed by atoms with van der Waals surface area (Å²) in [4.78, 5) is 2.20. The molecule has 0 aromatic heterocycles. The molecule has 1 aromatic rings. The predicted molar refractivity (Wildman–Crippen MR) is 70.8 cm³/mol. The van der Waals surface area contributed by atoms with Crippen molar-refractivity contribution in [2.24, 2.45) is 0 Å². The van der Waals surface area contributed by atoms with Gasteiger partial charge in [-0.2, -0.15) is 0 Å². The van der Waals surface area contributed by atoms with Gasteiger partial charge in [-0.15, -0.1) is 0 Å². The molecule has 0 radical (unpaired) electrons. The number of halogens is 1. The lowest BCUT2D eigenvalue weighted by Gasteiger charge is -2.18. The third kappa shape index (κ3) is 3.52. The van der Waals surface area contributed by atoms with Gasteiger partial charge >= 0.3 is 0 Å². The van der Waals surface area contributed by atoms with Crippen LogP contribution in [0.5, 0.6) is 0 Å². The minimum absolute atomic E-state index is 0.185. The average molecular weight is 300 g/mol. The first-order chi connectivity index (χ1) is 8.16. The lowest BCUT2D eigenvalue weighted by Crippen LogP contribution is -2.24. The molecule has 4 heteroatoms. The molecular formula is C13H18BrNO2. The highest BCUT2D eigenvalue weighted by Crippen LogP contribution is 2.25. The highest BCUT2D eigenvalue weighted by Gasteiger charge is 2.21. The number of nitrogens with zero attached hydrogens (tertiary/aromatic N) is 1. The van der Waals surface area contributed by atoms with Crippen LogP contribution in [-0.2, 0) is 0 Å². The SMILES string of the molecule is OC1CCN(CCC(O)c2ccccc2Br)C1. The number of likely N-dealkylation sites (tertiary alicyclic amines) is 1. The van der Waals surface area contributed by atoms with Crippen LogP contribution in [0, 0.1) is 0 Å². The first-order valence-corrected chi connectivity index (χ1v) is 6.79. The lowest BCUT2D eigenvalue weighted by molar-refractivity contribution is 0.138. The van der Waals surface area contributed by atoms with Crippen LogP contribution in [-0.4, -0.2) is 40.9 Å². The molecule has 1 heterocycles. The van der Waals surface area contributed by atoms with Gasteiger partial charge in [0.25, 0.3) is 0 Å². The van der Waals surface area contributed by atoms with Gasteiger partial charge in [0.05, 0.1) is 12.2 Å². The molecule has 0 amide bonds. The third-order valence-electron chi connectivity index (χ3n) is 3.23. The van der Waals surface area contributed by atoms with E-state index in [0.29, 0.717) is 6.42 Å². The van der Waals surface area contributed by atoms with Gasteiger partial charge in [-0.05, 0) is 24.5 Å². The van der Waals surface area contributed by atoms with Crippen LogP contribution < -0.4 is 0 Å². The quantitative estimate of drug-likeness (QED) is 0.893. The Morgan fingerprint density at radius 1 is 1.41 bits per heavy atom. The summed E-state index contributed by atoms with van der Waals surface area (Å²) in [5.41, 5.74) is 0.937. The van der Waals surface area contributed by atoms with Crippen LogP contribution in [0.3, 0.4) is 0 Å². The smallest absolute Gasteiger partial charge is 0.0813 e. The van der Waals surface area contributed by atoms with Gasteiger partial charge in [0, 0.05) is 24.1 Å². The molecule has 17 heavy (non-hydrogen) atoms. The fraction of sp³-hybridized carbons (Fsp3) is 0.538. The number of hydrogen-bond donors (Lipinski definition) is 2. The number of hydrogen-bond acceptors (Lipinski definition) is 3. The highest BCUT2D eigenvalue weighted by molar-refractivity contribution is 9.10. The van der Waals surface area contributed by atoms with Crippen molar-refractivity contribution in [2.75, 3.05) is 19.6 Å². The fourth-order valence-electron chi connectivity index (χ4n) is 2.22. The van der Waals surface area contributed by atoms with Gasteiger partial charge in [-0.3, -0.25) is 0 Å². The van der Waals surface area contributed by atoms with Gasteiger partial charge in [-0.1, -0.05) is 34.1 Å². The van der Waals surface area contributed by atoms with Crippen molar-refractivity contribution in [3.05, 3.63) is 34.3 Å². The molecule has 1 aromatic carbocycles. The van der Waals surface area contributed by atoms with Crippen molar-refractivity contribution >= 4 is 15.9 Å². The van der Waals surface area contributed by atoms with E-state index in [9.17, 15) is 10.2 Å². The number of aliphatic hydroxyl groups is 2. The maximum atomic E-state index is 10.1. The minimum atomic E-state index is -0.441. The van der Waals surface area contributed by atoms with Crippen LogP contribution in [0.25, 0.3) is 0 Å². The Kier molecular flexibility index (Phi) is 4.56. The Labute approximate surface area is 110 Å². The number of benzene rings is 1. The molecule has 2 atom stereocenters. The molecule has 3 nitrogen and oxygen atoms in total. The number of aliphatic hydroxyl groups excluding tert-OH is 2. The largest absolute Gasteiger partial charge is 0.392 e. The fourth-order valence-corrected chi connectivity index (χ4v) is 2.77. The molecular weight excluding hydrogens is 282 g/mol. The van der Waals surface area contributed by atoms with Gasteiger partial charge in [-0.25, -0.2) is 0 Å². The van der Waals surface area contributed by atoms with E-state index in [1.807, 2.05) is 24.3 Å². The van der Waals surface area contributed by atoms with E-state index in [2.05, 4.69) is 20.8 Å². The van der Waals surface area contributed by atoms with Crippen LogP contribution >= 0.6 is 15.9 Å². The molecule has 1 saturated heterocycles. The Bertz CT molecular complexity index is 372. The maximum Gasteiger partial charge on any atom is 0.0813 e. The van der Waals surface area contributed by atoms with E-state index >= 15 is 0 Å². The van der Waals surface area contributed by atoms with Crippen LogP contribution in [0.1, 0.15) is 24.5 Å². The van der Waals surface area contributed by atoms with Gasteiger partial charge in [0.15, 0.2) is 0 Å². The highest BCUT2D eigenvalue weighted by atomic mass is 79.9. The zero-order valence-corrected chi connectivity index (χ0v) is 11.3. The number of β-amino-alcohol motifs (C(OH)–C–C–N with tert-alkyl or cyclic N) is 1. The Morgan fingerprint density at radius 3 is 2.82 bits per heavy atom. The van der Waals surface area contributed by atoms with Gasteiger partial charge < -0.3 is 15.1 Å². The van der Waals surface area contributed by atoms with E-state index < -0.39 is 6.10 Å². The molecule has 1 fully saturated rings. The van der Waals surface area contributed by atoms with Crippen LogP contribution in [0.2, 0.25) is 0 Å². The summed E-state index contributed by atoms with van der Waals surface area (Å²) < 4.78 is 0.953. The summed E-state index contributed by atoms with van der Waals surface area (Å²) in [6.07, 6.45) is 0.930. The predicted octanol–water partition coefficient (Wildman–Crippen LogP) is 1.94. The van der Waals surface area contributed by atoms with Crippen LogP contribution in [0.15, 0.2) is 28.7 Å². The normalized spacial score (nSPS) is 22.9. The third-order valence-corrected chi connectivity index (χ3v) is 3.95. The summed E-state index contributed by atoms with van der Waals surface area (Å²) in [5.74, 6) is 0. The summed E-state index contributed by atoms with van der Waals surface area (Å²) in [7, 11) is 0. The van der Waals surface area contributed by atoms with Crippen molar-refractivity contribution in [3.63, 3.8) is 0 Å².